The topological polar surface area (TPSA) is 29.5 Å². The Kier molecular flexibility index (Phi) is 5.29. The van der Waals surface area contributed by atoms with Gasteiger partial charge >= 0.3 is 0 Å². The molecule has 0 aromatic heterocycles. The van der Waals surface area contributed by atoms with Crippen molar-refractivity contribution >= 4 is 0 Å². The maximum atomic E-state index is 13.1. The van der Waals surface area contributed by atoms with Gasteiger partial charge in [0.15, 0.2) is 0 Å². The first-order chi connectivity index (χ1) is 8.50. The number of aryl methyl sites for hydroxylation is 1. The van der Waals surface area contributed by atoms with Crippen molar-refractivity contribution in [3.63, 3.8) is 0 Å². The molecule has 0 radical (unpaired) electrons. The van der Waals surface area contributed by atoms with Crippen LogP contribution in [0.2, 0.25) is 0 Å². The third-order valence-corrected chi connectivity index (χ3v) is 3.65. The summed E-state index contributed by atoms with van der Waals surface area (Å²) in [6, 6.07) is 4.47. The monoisotopic (exact) mass is 254 g/mol. The minimum absolute atomic E-state index is 0.279. The van der Waals surface area contributed by atoms with Crippen molar-refractivity contribution in [1.29, 1.82) is 0 Å². The molecule has 0 bridgehead atoms. The second-order valence-corrected chi connectivity index (χ2v) is 4.61. The lowest BCUT2D eigenvalue weighted by molar-refractivity contribution is -0.127. The highest BCUT2D eigenvalue weighted by Gasteiger charge is 2.37. The van der Waals surface area contributed by atoms with E-state index >= 15 is 0 Å². The van der Waals surface area contributed by atoms with Crippen molar-refractivity contribution in [2.24, 2.45) is 0 Å². The quantitative estimate of drug-likeness (QED) is 0.837. The maximum absolute atomic E-state index is 13.1. The van der Waals surface area contributed by atoms with E-state index in [1.54, 1.807) is 6.07 Å². The molecule has 102 valence electrons. The Labute approximate surface area is 109 Å². The Morgan fingerprint density at radius 3 is 2.33 bits per heavy atom. The predicted molar refractivity (Wildman–Crippen MR) is 71.0 cm³/mol. The molecule has 0 fully saturated rings. The van der Waals surface area contributed by atoms with Crippen LogP contribution in [0.15, 0.2) is 18.2 Å². The third kappa shape index (κ3) is 2.90. The molecule has 1 rings (SSSR count). The summed E-state index contributed by atoms with van der Waals surface area (Å²) in [5.74, 6) is -0.279. The fraction of sp³-hybridized carbons (Fsp3) is 0.600. The van der Waals surface area contributed by atoms with Crippen LogP contribution >= 0.6 is 0 Å². The highest BCUT2D eigenvalue weighted by atomic mass is 19.1. The molecular weight excluding hydrogens is 231 g/mol. The number of ether oxygens (including phenoxy) is 1. The molecule has 1 unspecified atom stereocenters. The van der Waals surface area contributed by atoms with E-state index in [1.165, 1.54) is 12.1 Å². The van der Waals surface area contributed by atoms with Gasteiger partial charge < -0.3 is 9.84 Å². The summed E-state index contributed by atoms with van der Waals surface area (Å²) in [4.78, 5) is 0. The van der Waals surface area contributed by atoms with Crippen LogP contribution in [-0.2, 0) is 4.74 Å². The maximum Gasteiger partial charge on any atom is 0.123 e. The zero-order chi connectivity index (χ0) is 13.8. The van der Waals surface area contributed by atoms with Crippen LogP contribution in [0.4, 0.5) is 4.39 Å². The second-order valence-electron chi connectivity index (χ2n) is 4.61. The summed E-state index contributed by atoms with van der Waals surface area (Å²) in [6.07, 6.45) is 0.707. The number of aliphatic hydroxyl groups excluding tert-OH is 1. The van der Waals surface area contributed by atoms with E-state index < -0.39 is 11.7 Å². The van der Waals surface area contributed by atoms with Crippen LogP contribution in [0.1, 0.15) is 50.8 Å². The summed E-state index contributed by atoms with van der Waals surface area (Å²) in [5.41, 5.74) is 0.916. The number of rotatable bonds is 6. The molecule has 1 N–H and O–H groups in total. The van der Waals surface area contributed by atoms with E-state index in [-0.39, 0.29) is 5.82 Å². The fourth-order valence-corrected chi connectivity index (χ4v) is 2.44. The first-order valence-corrected chi connectivity index (χ1v) is 6.58. The number of hydrogen-bond donors (Lipinski definition) is 1. The Morgan fingerprint density at radius 1 is 1.28 bits per heavy atom. The van der Waals surface area contributed by atoms with E-state index in [0.29, 0.717) is 6.61 Å². The molecule has 0 amide bonds. The molecule has 0 saturated heterocycles. The minimum atomic E-state index is -0.729. The van der Waals surface area contributed by atoms with Gasteiger partial charge in [-0.25, -0.2) is 4.39 Å². The average molecular weight is 254 g/mol. The Morgan fingerprint density at radius 2 is 1.89 bits per heavy atom. The highest BCUT2D eigenvalue weighted by Crippen LogP contribution is 2.36. The van der Waals surface area contributed by atoms with Gasteiger partial charge in [0.1, 0.15) is 11.9 Å². The van der Waals surface area contributed by atoms with E-state index in [4.69, 9.17) is 4.74 Å². The lowest BCUT2D eigenvalue weighted by Crippen LogP contribution is -2.38. The summed E-state index contributed by atoms with van der Waals surface area (Å²) in [7, 11) is 0. The SMILES string of the molecule is CCOC(CC)(CC)C(O)c1ccc(F)cc1C. The molecule has 0 aliphatic heterocycles. The van der Waals surface area contributed by atoms with Crippen LogP contribution < -0.4 is 0 Å². The molecular formula is C15H23FO2. The van der Waals surface area contributed by atoms with E-state index in [1.807, 2.05) is 27.7 Å². The van der Waals surface area contributed by atoms with Gasteiger partial charge in [-0.15, -0.1) is 0 Å². The molecule has 0 spiro atoms. The molecule has 0 aliphatic rings. The normalized spacial score (nSPS) is 13.7. The first kappa shape index (κ1) is 15.1. The molecule has 0 aliphatic carbocycles. The largest absolute Gasteiger partial charge is 0.385 e. The molecule has 2 nitrogen and oxygen atoms in total. The average Bonchev–Trinajstić information content (AvgIpc) is 2.35. The standard InChI is InChI=1S/C15H23FO2/c1-5-15(6-2,18-7-3)14(17)13-9-8-12(16)10-11(13)4/h8-10,14,17H,5-7H2,1-4H3. The lowest BCUT2D eigenvalue weighted by Gasteiger charge is -2.37. The van der Waals surface area contributed by atoms with E-state index in [0.717, 1.165) is 24.0 Å². The molecule has 1 aromatic carbocycles. The van der Waals surface area contributed by atoms with E-state index in [2.05, 4.69) is 0 Å². The van der Waals surface area contributed by atoms with Gasteiger partial charge in [-0.2, -0.15) is 0 Å². The Balaban J connectivity index is 3.12. The minimum Gasteiger partial charge on any atom is -0.385 e. The van der Waals surface area contributed by atoms with Crippen molar-refractivity contribution in [3.05, 3.63) is 35.1 Å². The molecule has 18 heavy (non-hydrogen) atoms. The van der Waals surface area contributed by atoms with Crippen LogP contribution in [0, 0.1) is 12.7 Å². The van der Waals surface area contributed by atoms with Gasteiger partial charge in [-0.1, -0.05) is 19.9 Å². The van der Waals surface area contributed by atoms with E-state index in [9.17, 15) is 9.50 Å². The van der Waals surface area contributed by atoms with Crippen LogP contribution in [0.3, 0.4) is 0 Å². The van der Waals surface area contributed by atoms with Gasteiger partial charge in [0.25, 0.3) is 0 Å². The highest BCUT2D eigenvalue weighted by molar-refractivity contribution is 5.30. The molecule has 1 atom stereocenters. The van der Waals surface area contributed by atoms with Crippen molar-refractivity contribution in [1.82, 2.24) is 0 Å². The smallest absolute Gasteiger partial charge is 0.123 e. The number of halogens is 1. The summed E-state index contributed by atoms with van der Waals surface area (Å²) < 4.78 is 18.9. The third-order valence-electron chi connectivity index (χ3n) is 3.65. The van der Waals surface area contributed by atoms with Crippen LogP contribution in [0.25, 0.3) is 0 Å². The summed E-state index contributed by atoms with van der Waals surface area (Å²) >= 11 is 0. The zero-order valence-electron chi connectivity index (χ0n) is 11.7. The van der Waals surface area contributed by atoms with Gasteiger partial charge in [0.2, 0.25) is 0 Å². The second kappa shape index (κ2) is 6.30. The summed E-state index contributed by atoms with van der Waals surface area (Å²) in [6.45, 7) is 8.29. The molecule has 0 saturated carbocycles. The number of benzene rings is 1. The van der Waals surface area contributed by atoms with Gasteiger partial charge in [-0.05, 0) is 49.9 Å². The van der Waals surface area contributed by atoms with Gasteiger partial charge in [-0.3, -0.25) is 0 Å². The summed E-state index contributed by atoms with van der Waals surface area (Å²) in [5, 5.41) is 10.6. The van der Waals surface area contributed by atoms with Crippen LogP contribution in [0.5, 0.6) is 0 Å². The zero-order valence-corrected chi connectivity index (χ0v) is 11.7. The predicted octanol–water partition coefficient (Wildman–Crippen LogP) is 3.76. The molecule has 3 heteroatoms. The Bertz CT molecular complexity index is 386. The first-order valence-electron chi connectivity index (χ1n) is 6.58. The van der Waals surface area contributed by atoms with Crippen LogP contribution in [-0.4, -0.2) is 17.3 Å². The van der Waals surface area contributed by atoms with Crippen molar-refractivity contribution < 1.29 is 14.2 Å². The van der Waals surface area contributed by atoms with Crippen molar-refractivity contribution in [2.45, 2.75) is 52.2 Å². The lowest BCUT2D eigenvalue weighted by atomic mass is 9.84. The Hall–Kier alpha value is -0.930. The number of aliphatic hydroxyl groups is 1. The van der Waals surface area contributed by atoms with Gasteiger partial charge in [0, 0.05) is 6.61 Å². The molecule has 0 heterocycles. The van der Waals surface area contributed by atoms with Crippen molar-refractivity contribution in [3.8, 4) is 0 Å². The van der Waals surface area contributed by atoms with Crippen molar-refractivity contribution in [2.75, 3.05) is 6.61 Å². The molecule has 1 aromatic rings. The fourth-order valence-electron chi connectivity index (χ4n) is 2.44. The van der Waals surface area contributed by atoms with Gasteiger partial charge in [0.05, 0.1) is 5.60 Å². The number of hydrogen-bond acceptors (Lipinski definition) is 2.